The molecule has 2 aromatic heterocycles. The number of pyridine rings is 1. The lowest BCUT2D eigenvalue weighted by atomic mass is 10.0. The smallest absolute Gasteiger partial charge is 0.417 e. The van der Waals surface area contributed by atoms with Crippen LogP contribution in [0.3, 0.4) is 0 Å². The van der Waals surface area contributed by atoms with Crippen molar-refractivity contribution in [3.63, 3.8) is 0 Å². The number of aromatic carboxylic acids is 1. The first-order chi connectivity index (χ1) is 16.1. The number of nitrogens with two attached hydrogens (primary N) is 1. The fraction of sp³-hybridized carbons (Fsp3) is 0.364. The fourth-order valence-corrected chi connectivity index (χ4v) is 5.05. The minimum absolute atomic E-state index is 0.0144. The van der Waals surface area contributed by atoms with Gasteiger partial charge in [0.25, 0.3) is 0 Å². The number of nitrogens with zero attached hydrogens (tertiary/aromatic N) is 2. The summed E-state index contributed by atoms with van der Waals surface area (Å²) in [4.78, 5) is 16.9. The molecule has 0 amide bonds. The SMILES string of the molecule is Nc1c(C(=O)O)sc2nc(N3CCC(NCC(O)c4ccccc4F)CC3)cc(C(F)(F)F)c12. The number of hydrogen-bond acceptors (Lipinski definition) is 7. The van der Waals surface area contributed by atoms with Gasteiger partial charge in [-0.15, -0.1) is 11.3 Å². The molecule has 1 saturated heterocycles. The zero-order chi connectivity index (χ0) is 24.6. The van der Waals surface area contributed by atoms with Crippen molar-refractivity contribution in [1.29, 1.82) is 0 Å². The number of carboxylic acid groups (broad SMARTS) is 1. The molecule has 3 heterocycles. The number of rotatable bonds is 6. The average Bonchev–Trinajstić information content (AvgIpc) is 3.13. The highest BCUT2D eigenvalue weighted by Gasteiger charge is 2.37. The van der Waals surface area contributed by atoms with E-state index in [-0.39, 0.29) is 33.7 Å². The summed E-state index contributed by atoms with van der Waals surface area (Å²) in [7, 11) is 0. The van der Waals surface area contributed by atoms with Crippen molar-refractivity contribution in [1.82, 2.24) is 10.3 Å². The predicted molar refractivity (Wildman–Crippen MR) is 121 cm³/mol. The Kier molecular flexibility index (Phi) is 6.65. The van der Waals surface area contributed by atoms with Gasteiger partial charge in [0.2, 0.25) is 0 Å². The van der Waals surface area contributed by atoms with Gasteiger partial charge in [-0.25, -0.2) is 14.2 Å². The van der Waals surface area contributed by atoms with Crippen LogP contribution >= 0.6 is 11.3 Å². The van der Waals surface area contributed by atoms with Gasteiger partial charge in [-0.1, -0.05) is 18.2 Å². The quantitative estimate of drug-likeness (QED) is 0.380. The van der Waals surface area contributed by atoms with E-state index in [1.54, 1.807) is 11.0 Å². The Balaban J connectivity index is 1.48. The van der Waals surface area contributed by atoms with Crippen LogP contribution in [0.4, 0.5) is 29.1 Å². The highest BCUT2D eigenvalue weighted by molar-refractivity contribution is 7.21. The van der Waals surface area contributed by atoms with E-state index in [1.165, 1.54) is 18.2 Å². The molecule has 0 radical (unpaired) electrons. The van der Waals surface area contributed by atoms with Gasteiger partial charge >= 0.3 is 12.1 Å². The van der Waals surface area contributed by atoms with Crippen LogP contribution in [0, 0.1) is 5.82 Å². The first-order valence-electron chi connectivity index (χ1n) is 10.5. The number of thiophene rings is 1. The number of fused-ring (bicyclic) bond motifs is 1. The Bertz CT molecular complexity index is 1210. The number of carboxylic acids is 1. The molecule has 12 heteroatoms. The average molecular weight is 499 g/mol. The number of aromatic nitrogens is 1. The fourth-order valence-electron chi connectivity index (χ4n) is 4.10. The van der Waals surface area contributed by atoms with Crippen LogP contribution < -0.4 is 16.0 Å². The minimum atomic E-state index is -4.73. The lowest BCUT2D eigenvalue weighted by molar-refractivity contribution is -0.136. The number of aliphatic hydroxyl groups is 1. The maximum atomic E-state index is 13.8. The number of piperidine rings is 1. The van der Waals surface area contributed by atoms with Crippen molar-refractivity contribution >= 4 is 39.0 Å². The Labute approximate surface area is 195 Å². The second kappa shape index (κ2) is 9.35. The molecule has 4 rings (SSSR count). The van der Waals surface area contributed by atoms with Gasteiger partial charge in [0, 0.05) is 36.6 Å². The van der Waals surface area contributed by atoms with Gasteiger partial charge in [-0.3, -0.25) is 0 Å². The Morgan fingerprint density at radius 1 is 1.29 bits per heavy atom. The number of hydrogen-bond donors (Lipinski definition) is 4. The number of benzene rings is 1. The molecule has 1 unspecified atom stereocenters. The van der Waals surface area contributed by atoms with Crippen molar-refractivity contribution in [2.24, 2.45) is 0 Å². The number of nitrogen functional groups attached to an aromatic ring is 1. The summed E-state index contributed by atoms with van der Waals surface area (Å²) in [5.74, 6) is -1.80. The third-order valence-electron chi connectivity index (χ3n) is 5.87. The number of aliphatic hydroxyl groups excluding tert-OH is 1. The standard InChI is InChI=1S/C22H22F4N4O3S/c23-14-4-2-1-3-12(14)15(31)10-28-11-5-7-30(8-6-11)16-9-13(22(24,25)26)17-18(27)19(21(32)33)34-20(17)29-16/h1-4,9,11,15,28,31H,5-8,10,27H2,(H,32,33). The topological polar surface area (TPSA) is 112 Å². The van der Waals surface area contributed by atoms with E-state index < -0.39 is 40.7 Å². The Morgan fingerprint density at radius 2 is 1.97 bits per heavy atom. The van der Waals surface area contributed by atoms with E-state index in [9.17, 15) is 32.6 Å². The zero-order valence-electron chi connectivity index (χ0n) is 17.8. The van der Waals surface area contributed by atoms with E-state index in [0.29, 0.717) is 37.3 Å². The third-order valence-corrected chi connectivity index (χ3v) is 6.96. The molecule has 1 aromatic carbocycles. The molecular weight excluding hydrogens is 476 g/mol. The van der Waals surface area contributed by atoms with Gasteiger partial charge in [0.1, 0.15) is 21.3 Å². The number of nitrogens with one attached hydrogen (secondary N) is 1. The first kappa shape index (κ1) is 24.2. The van der Waals surface area contributed by atoms with Crippen LogP contribution in [0.25, 0.3) is 10.2 Å². The van der Waals surface area contributed by atoms with Crippen molar-refractivity contribution in [2.75, 3.05) is 30.3 Å². The van der Waals surface area contributed by atoms with Crippen LogP contribution in [0.15, 0.2) is 30.3 Å². The maximum Gasteiger partial charge on any atom is 0.417 e. The van der Waals surface area contributed by atoms with Crippen molar-refractivity contribution in [2.45, 2.75) is 31.2 Å². The largest absolute Gasteiger partial charge is 0.477 e. The molecule has 182 valence electrons. The Morgan fingerprint density at radius 3 is 2.59 bits per heavy atom. The van der Waals surface area contributed by atoms with Crippen LogP contribution in [-0.2, 0) is 6.18 Å². The van der Waals surface area contributed by atoms with Gasteiger partial charge in [-0.2, -0.15) is 13.2 Å². The number of carbonyl (C=O) groups is 1. The molecule has 0 bridgehead atoms. The van der Waals surface area contributed by atoms with Crippen LogP contribution in [0.5, 0.6) is 0 Å². The molecule has 0 aliphatic carbocycles. The summed E-state index contributed by atoms with van der Waals surface area (Å²) in [5.41, 5.74) is 4.46. The van der Waals surface area contributed by atoms with E-state index in [4.69, 9.17) is 5.73 Å². The van der Waals surface area contributed by atoms with Crippen LogP contribution in [0.1, 0.15) is 39.7 Å². The lowest BCUT2D eigenvalue weighted by Gasteiger charge is -2.34. The lowest BCUT2D eigenvalue weighted by Crippen LogP contribution is -2.44. The number of halogens is 4. The second-order valence-corrected chi connectivity index (χ2v) is 9.06. The van der Waals surface area contributed by atoms with Gasteiger partial charge in [0.15, 0.2) is 0 Å². The van der Waals surface area contributed by atoms with E-state index in [2.05, 4.69) is 10.3 Å². The van der Waals surface area contributed by atoms with Crippen LogP contribution in [0.2, 0.25) is 0 Å². The number of anilines is 2. The Hall–Kier alpha value is -2.96. The summed E-state index contributed by atoms with van der Waals surface area (Å²) in [6.07, 6.45) is -4.62. The molecular formula is C22H22F4N4O3S. The van der Waals surface area contributed by atoms with Gasteiger partial charge in [0.05, 0.1) is 17.4 Å². The summed E-state index contributed by atoms with van der Waals surface area (Å²) in [6, 6.07) is 6.86. The minimum Gasteiger partial charge on any atom is -0.477 e. The van der Waals surface area contributed by atoms with E-state index in [0.717, 1.165) is 6.07 Å². The summed E-state index contributed by atoms with van der Waals surface area (Å²) in [5, 5.41) is 22.3. The molecule has 1 aliphatic rings. The third kappa shape index (κ3) is 4.79. The summed E-state index contributed by atoms with van der Waals surface area (Å²) < 4.78 is 55.1. The first-order valence-corrected chi connectivity index (χ1v) is 11.3. The summed E-state index contributed by atoms with van der Waals surface area (Å²) in [6.45, 7) is 0.937. The van der Waals surface area contributed by atoms with Crippen LogP contribution in [-0.4, -0.2) is 46.8 Å². The normalized spacial score (nSPS) is 16.2. The van der Waals surface area contributed by atoms with Crippen molar-refractivity contribution < 1.29 is 32.6 Å². The molecule has 1 atom stereocenters. The van der Waals surface area contributed by atoms with Gasteiger partial charge in [-0.05, 0) is 25.0 Å². The van der Waals surface area contributed by atoms with E-state index >= 15 is 0 Å². The zero-order valence-corrected chi connectivity index (χ0v) is 18.6. The highest BCUT2D eigenvalue weighted by Crippen LogP contribution is 2.43. The molecule has 1 fully saturated rings. The monoisotopic (exact) mass is 498 g/mol. The molecule has 5 N–H and O–H groups in total. The van der Waals surface area contributed by atoms with E-state index in [1.807, 2.05) is 0 Å². The molecule has 0 spiro atoms. The molecule has 0 saturated carbocycles. The molecule has 3 aromatic rings. The molecule has 7 nitrogen and oxygen atoms in total. The molecule has 34 heavy (non-hydrogen) atoms. The van der Waals surface area contributed by atoms with Gasteiger partial charge < -0.3 is 26.2 Å². The summed E-state index contributed by atoms with van der Waals surface area (Å²) >= 11 is 0.618. The number of alkyl halides is 3. The predicted octanol–water partition coefficient (Wildman–Crippen LogP) is 4.03. The maximum absolute atomic E-state index is 13.8. The highest BCUT2D eigenvalue weighted by atomic mass is 32.1. The van der Waals surface area contributed by atoms with Crippen molar-refractivity contribution in [3.05, 3.63) is 52.2 Å². The second-order valence-electron chi connectivity index (χ2n) is 8.06. The molecule has 1 aliphatic heterocycles. The van der Waals surface area contributed by atoms with Crippen molar-refractivity contribution in [3.8, 4) is 0 Å².